The molecule has 0 aliphatic heterocycles. The Labute approximate surface area is 167 Å². The van der Waals surface area contributed by atoms with Gasteiger partial charge < -0.3 is 0 Å². The van der Waals surface area contributed by atoms with Crippen molar-refractivity contribution in [1.29, 1.82) is 0 Å². The van der Waals surface area contributed by atoms with Crippen molar-refractivity contribution in [3.8, 4) is 11.1 Å². The zero-order chi connectivity index (χ0) is 18.1. The fourth-order valence-electron chi connectivity index (χ4n) is 3.89. The molecule has 0 bridgehead atoms. The van der Waals surface area contributed by atoms with Crippen molar-refractivity contribution in [3.05, 3.63) is 64.2 Å². The molecule has 0 fully saturated rings. The second kappa shape index (κ2) is 8.12. The number of fused-ring (bicyclic) bond motifs is 1. The van der Waals surface area contributed by atoms with Crippen LogP contribution in [-0.2, 0) is 25.8 Å². The number of benzene rings is 2. The molecule has 3 heteroatoms. The first-order valence-electron chi connectivity index (χ1n) is 9.10. The third kappa shape index (κ3) is 3.58. The Morgan fingerprint density at radius 1 is 1.08 bits per heavy atom. The van der Waals surface area contributed by atoms with E-state index in [9.17, 15) is 0 Å². The first-order valence-corrected chi connectivity index (χ1v) is 16.9. The Morgan fingerprint density at radius 3 is 2.40 bits per heavy atom. The molecule has 1 aliphatic rings. The molecule has 0 radical (unpaired) electrons. The Morgan fingerprint density at radius 2 is 1.80 bits per heavy atom. The number of allylic oxidation sites excluding steroid dienone is 1. The molecule has 0 saturated heterocycles. The summed E-state index contributed by atoms with van der Waals surface area (Å²) in [5, 5.41) is 0. The van der Waals surface area contributed by atoms with Crippen molar-refractivity contribution in [2.45, 2.75) is 44.2 Å². The van der Waals surface area contributed by atoms with Crippen LogP contribution in [0, 0.1) is 12.8 Å². The van der Waals surface area contributed by atoms with Crippen molar-refractivity contribution in [2.24, 2.45) is 5.92 Å². The number of aryl methyl sites for hydroxylation is 2. The van der Waals surface area contributed by atoms with Crippen LogP contribution in [0.2, 0.25) is 0 Å². The van der Waals surface area contributed by atoms with Crippen LogP contribution in [0.25, 0.3) is 17.2 Å². The third-order valence-electron chi connectivity index (χ3n) is 5.52. The van der Waals surface area contributed by atoms with Gasteiger partial charge in [-0.2, -0.15) is 0 Å². The van der Waals surface area contributed by atoms with E-state index in [4.69, 9.17) is 17.0 Å². The van der Waals surface area contributed by atoms with E-state index >= 15 is 0 Å². The Hall–Kier alpha value is -0.357. The zero-order valence-corrected chi connectivity index (χ0v) is 19.3. The Kier molecular flexibility index (Phi) is 6.30. The summed E-state index contributed by atoms with van der Waals surface area (Å²) in [6.45, 7) is 8.99. The van der Waals surface area contributed by atoms with E-state index in [2.05, 4.69) is 70.2 Å². The van der Waals surface area contributed by atoms with Crippen LogP contribution >= 0.6 is 17.0 Å². The second-order valence-electron chi connectivity index (χ2n) is 6.95. The van der Waals surface area contributed by atoms with Gasteiger partial charge >= 0.3 is 168 Å². The van der Waals surface area contributed by atoms with Gasteiger partial charge in [-0.25, -0.2) is 0 Å². The summed E-state index contributed by atoms with van der Waals surface area (Å²) in [5.74, 6) is 0.528. The quantitative estimate of drug-likeness (QED) is 0.438. The van der Waals surface area contributed by atoms with Crippen LogP contribution in [-0.4, -0.2) is 0 Å². The molecule has 2 atom stereocenters. The van der Waals surface area contributed by atoms with E-state index < -0.39 is 19.4 Å². The molecule has 1 aliphatic carbocycles. The van der Waals surface area contributed by atoms with Crippen molar-refractivity contribution in [1.82, 2.24) is 0 Å². The standard InChI is InChI=1S/C22H25.2ClH.Zr/c1-5-15(3)19-13-18-12-11-17(6-2)22(21(18)14-19)20-10-8-7-9-16(20)4;;;/h7-15H,5-6H2,1-4H3;2*1H;/q;;;+2/p-2. The van der Waals surface area contributed by atoms with Gasteiger partial charge in [0.05, 0.1) is 0 Å². The number of hydrogen-bond donors (Lipinski definition) is 0. The van der Waals surface area contributed by atoms with Crippen LogP contribution in [0.5, 0.6) is 0 Å². The predicted molar refractivity (Wildman–Crippen MR) is 108 cm³/mol. The van der Waals surface area contributed by atoms with E-state index in [0.29, 0.717) is 9.54 Å². The van der Waals surface area contributed by atoms with Gasteiger partial charge in [0.2, 0.25) is 0 Å². The SMILES string of the molecule is CCc1ccc2c(c1-c1ccccc1C)C=C(C(C)CC)[CH]2[Zr]([Cl])[Cl]. The number of halogens is 2. The average molecular weight is 452 g/mol. The van der Waals surface area contributed by atoms with Gasteiger partial charge in [0, 0.05) is 0 Å². The molecule has 0 saturated carbocycles. The van der Waals surface area contributed by atoms with Gasteiger partial charge in [0.25, 0.3) is 0 Å². The van der Waals surface area contributed by atoms with Crippen molar-refractivity contribution in [3.63, 3.8) is 0 Å². The minimum atomic E-state index is -2.46. The van der Waals surface area contributed by atoms with Gasteiger partial charge in [-0.15, -0.1) is 0 Å². The molecule has 0 spiro atoms. The normalized spacial score (nSPS) is 17.2. The van der Waals surface area contributed by atoms with Crippen molar-refractivity contribution < 1.29 is 19.4 Å². The summed E-state index contributed by atoms with van der Waals surface area (Å²) in [4.78, 5) is 0. The molecule has 0 heterocycles. The maximum absolute atomic E-state index is 6.63. The molecule has 131 valence electrons. The van der Waals surface area contributed by atoms with E-state index in [1.165, 1.54) is 39.0 Å². The molecule has 25 heavy (non-hydrogen) atoms. The molecular formula is C22H25Cl2Zr. The molecule has 0 amide bonds. The average Bonchev–Trinajstić information content (AvgIpc) is 3.00. The van der Waals surface area contributed by atoms with Gasteiger partial charge in [0.1, 0.15) is 0 Å². The van der Waals surface area contributed by atoms with E-state index in [1.54, 1.807) is 0 Å². The summed E-state index contributed by atoms with van der Waals surface area (Å²) >= 11 is -2.46. The van der Waals surface area contributed by atoms with Gasteiger partial charge in [0.15, 0.2) is 0 Å². The summed E-state index contributed by atoms with van der Waals surface area (Å²) in [7, 11) is 13.3. The molecule has 0 N–H and O–H groups in total. The molecule has 0 nitrogen and oxygen atoms in total. The predicted octanol–water partition coefficient (Wildman–Crippen LogP) is 7.63. The van der Waals surface area contributed by atoms with Crippen LogP contribution in [0.1, 0.15) is 53.1 Å². The third-order valence-corrected chi connectivity index (χ3v) is 10.8. The Balaban J connectivity index is 2.29. The first-order chi connectivity index (χ1) is 12.0. The summed E-state index contributed by atoms with van der Waals surface area (Å²) in [6.07, 6.45) is 4.57. The molecule has 3 rings (SSSR count). The van der Waals surface area contributed by atoms with E-state index in [0.717, 1.165) is 12.8 Å². The first kappa shape index (κ1) is 19.4. The maximum atomic E-state index is 6.63. The number of hydrogen-bond acceptors (Lipinski definition) is 0. The van der Waals surface area contributed by atoms with Crippen molar-refractivity contribution in [2.75, 3.05) is 0 Å². The van der Waals surface area contributed by atoms with E-state index in [-0.39, 0.29) is 0 Å². The van der Waals surface area contributed by atoms with Crippen LogP contribution in [0.3, 0.4) is 0 Å². The van der Waals surface area contributed by atoms with Crippen LogP contribution < -0.4 is 0 Å². The summed E-state index contributed by atoms with van der Waals surface area (Å²) in [5.41, 5.74) is 9.65. The van der Waals surface area contributed by atoms with Gasteiger partial charge in [-0.3, -0.25) is 0 Å². The molecular weight excluding hydrogens is 426 g/mol. The molecule has 2 aromatic rings. The minimum absolute atomic E-state index is 0.296. The fourth-order valence-corrected chi connectivity index (χ4v) is 9.49. The fraction of sp³-hybridized carbons (Fsp3) is 0.364. The van der Waals surface area contributed by atoms with Crippen LogP contribution in [0.4, 0.5) is 0 Å². The molecule has 2 unspecified atom stereocenters. The summed E-state index contributed by atoms with van der Waals surface area (Å²) in [6, 6.07) is 13.3. The van der Waals surface area contributed by atoms with Crippen molar-refractivity contribution >= 4 is 23.1 Å². The Bertz CT molecular complexity index is 808. The van der Waals surface area contributed by atoms with E-state index in [1.807, 2.05) is 0 Å². The summed E-state index contributed by atoms with van der Waals surface area (Å²) < 4.78 is 0.296. The zero-order valence-electron chi connectivity index (χ0n) is 15.4. The molecule has 2 aromatic carbocycles. The van der Waals surface area contributed by atoms with Crippen LogP contribution in [0.15, 0.2) is 42.0 Å². The van der Waals surface area contributed by atoms with Gasteiger partial charge in [-0.05, 0) is 0 Å². The monoisotopic (exact) mass is 449 g/mol. The molecule has 0 aromatic heterocycles. The number of rotatable bonds is 5. The second-order valence-corrected chi connectivity index (χ2v) is 15.8. The topological polar surface area (TPSA) is 0 Å². The van der Waals surface area contributed by atoms with Gasteiger partial charge in [-0.1, -0.05) is 0 Å².